The molecular formula is C16H14ClN3O. The van der Waals surface area contributed by atoms with Gasteiger partial charge in [-0.15, -0.1) is 0 Å². The Balaban J connectivity index is 1.87. The van der Waals surface area contributed by atoms with Gasteiger partial charge in [0, 0.05) is 24.8 Å². The van der Waals surface area contributed by atoms with Gasteiger partial charge in [0.05, 0.1) is 29.1 Å². The van der Waals surface area contributed by atoms with Gasteiger partial charge in [-0.05, 0) is 31.0 Å². The topological polar surface area (TPSA) is 39.9 Å². The molecule has 0 aromatic carbocycles. The number of pyridine rings is 2. The van der Waals surface area contributed by atoms with Gasteiger partial charge < -0.3 is 9.30 Å². The zero-order valence-electron chi connectivity index (χ0n) is 11.6. The van der Waals surface area contributed by atoms with E-state index >= 15 is 0 Å². The largest absolute Gasteiger partial charge is 0.490 e. The summed E-state index contributed by atoms with van der Waals surface area (Å²) < 4.78 is 8.08. The SMILES string of the molecule is Cn1c(-c2cnccc2OC2CC2)cc2cc(Cl)ncc21. The van der Waals surface area contributed by atoms with Crippen molar-refractivity contribution in [2.45, 2.75) is 18.9 Å². The molecule has 21 heavy (non-hydrogen) atoms. The summed E-state index contributed by atoms with van der Waals surface area (Å²) in [6, 6.07) is 5.90. The van der Waals surface area contributed by atoms with Gasteiger partial charge in [-0.2, -0.15) is 0 Å². The fourth-order valence-corrected chi connectivity index (χ4v) is 2.67. The quantitative estimate of drug-likeness (QED) is 0.690. The summed E-state index contributed by atoms with van der Waals surface area (Å²) in [7, 11) is 2.02. The monoisotopic (exact) mass is 299 g/mol. The Kier molecular flexibility index (Phi) is 2.86. The number of hydrogen-bond acceptors (Lipinski definition) is 3. The molecule has 1 aliphatic carbocycles. The van der Waals surface area contributed by atoms with Crippen LogP contribution < -0.4 is 4.74 Å². The zero-order chi connectivity index (χ0) is 14.4. The van der Waals surface area contributed by atoms with E-state index in [1.165, 1.54) is 0 Å². The van der Waals surface area contributed by atoms with Gasteiger partial charge in [-0.3, -0.25) is 4.98 Å². The van der Waals surface area contributed by atoms with Crippen LogP contribution >= 0.6 is 11.6 Å². The summed E-state index contributed by atoms with van der Waals surface area (Å²) in [5.41, 5.74) is 3.09. The van der Waals surface area contributed by atoms with Crippen molar-refractivity contribution in [1.29, 1.82) is 0 Å². The van der Waals surface area contributed by atoms with Gasteiger partial charge in [-0.25, -0.2) is 4.98 Å². The van der Waals surface area contributed by atoms with Gasteiger partial charge >= 0.3 is 0 Å². The summed E-state index contributed by atoms with van der Waals surface area (Å²) in [5.74, 6) is 0.887. The van der Waals surface area contributed by atoms with E-state index in [2.05, 4.69) is 20.6 Å². The summed E-state index contributed by atoms with van der Waals surface area (Å²) in [5, 5.41) is 1.56. The Morgan fingerprint density at radius 3 is 2.95 bits per heavy atom. The molecule has 0 N–H and O–H groups in total. The molecule has 4 rings (SSSR count). The van der Waals surface area contributed by atoms with Crippen molar-refractivity contribution < 1.29 is 4.74 Å². The van der Waals surface area contributed by atoms with Crippen LogP contribution in [0.25, 0.3) is 22.2 Å². The summed E-state index contributed by atoms with van der Waals surface area (Å²) in [4.78, 5) is 8.40. The Morgan fingerprint density at radius 2 is 2.14 bits per heavy atom. The minimum atomic E-state index is 0.358. The number of fused-ring (bicyclic) bond motifs is 1. The molecule has 3 aromatic rings. The van der Waals surface area contributed by atoms with Crippen molar-refractivity contribution in [3.05, 3.63) is 41.9 Å². The fourth-order valence-electron chi connectivity index (χ4n) is 2.51. The third kappa shape index (κ3) is 2.25. The standard InChI is InChI=1S/C16H14ClN3O/c1-20-13(6-10-7-16(17)19-9-14(10)20)12-8-18-5-4-15(12)21-11-2-3-11/h4-9,11H,2-3H2,1H3. The number of ether oxygens (including phenoxy) is 1. The molecule has 3 aromatic heterocycles. The van der Waals surface area contributed by atoms with Gasteiger partial charge in [0.15, 0.2) is 0 Å². The van der Waals surface area contributed by atoms with Crippen LogP contribution in [0.4, 0.5) is 0 Å². The molecule has 1 aliphatic rings. The average Bonchev–Trinajstić information content (AvgIpc) is 3.23. The lowest BCUT2D eigenvalue weighted by Crippen LogP contribution is -2.00. The van der Waals surface area contributed by atoms with Crippen LogP contribution in [0.15, 0.2) is 36.8 Å². The first-order valence-corrected chi connectivity index (χ1v) is 7.32. The molecule has 1 saturated carbocycles. The van der Waals surface area contributed by atoms with Crippen molar-refractivity contribution in [2.24, 2.45) is 7.05 Å². The smallest absolute Gasteiger partial charge is 0.132 e. The Hall–Kier alpha value is -2.07. The number of halogens is 1. The lowest BCUT2D eigenvalue weighted by molar-refractivity contribution is 0.304. The highest BCUT2D eigenvalue weighted by atomic mass is 35.5. The van der Waals surface area contributed by atoms with E-state index in [-0.39, 0.29) is 0 Å². The molecule has 0 radical (unpaired) electrons. The molecule has 0 bridgehead atoms. The van der Waals surface area contributed by atoms with E-state index in [0.717, 1.165) is 40.8 Å². The second kappa shape index (κ2) is 4.74. The van der Waals surface area contributed by atoms with E-state index in [9.17, 15) is 0 Å². The van der Waals surface area contributed by atoms with Crippen molar-refractivity contribution in [3.8, 4) is 17.0 Å². The summed E-state index contributed by atoms with van der Waals surface area (Å²) in [6.07, 6.45) is 8.03. The van der Waals surface area contributed by atoms with Gasteiger partial charge in [0.2, 0.25) is 0 Å². The van der Waals surface area contributed by atoms with Gasteiger partial charge in [0.1, 0.15) is 10.9 Å². The lowest BCUT2D eigenvalue weighted by atomic mass is 10.2. The van der Waals surface area contributed by atoms with Crippen molar-refractivity contribution >= 4 is 22.5 Å². The molecule has 1 fully saturated rings. The second-order valence-corrected chi connectivity index (χ2v) is 5.73. The minimum absolute atomic E-state index is 0.358. The van der Waals surface area contributed by atoms with Crippen molar-refractivity contribution in [2.75, 3.05) is 0 Å². The maximum absolute atomic E-state index is 5.99. The highest BCUT2D eigenvalue weighted by molar-refractivity contribution is 6.30. The zero-order valence-corrected chi connectivity index (χ0v) is 12.3. The highest BCUT2D eigenvalue weighted by Gasteiger charge is 2.25. The van der Waals surface area contributed by atoms with Crippen LogP contribution in [0.5, 0.6) is 5.75 Å². The molecule has 0 atom stereocenters. The molecule has 0 amide bonds. The van der Waals surface area contributed by atoms with Crippen LogP contribution in [0.3, 0.4) is 0 Å². The minimum Gasteiger partial charge on any atom is -0.490 e. The molecule has 0 saturated heterocycles. The fraction of sp³-hybridized carbons (Fsp3) is 0.250. The molecule has 0 aliphatic heterocycles. The normalized spacial score (nSPS) is 14.6. The summed E-state index contributed by atoms with van der Waals surface area (Å²) >= 11 is 5.98. The molecule has 0 unspecified atom stereocenters. The summed E-state index contributed by atoms with van der Waals surface area (Å²) in [6.45, 7) is 0. The number of rotatable bonds is 3. The predicted octanol–water partition coefficient (Wildman–Crippen LogP) is 3.83. The molecule has 3 heterocycles. The molecule has 4 nitrogen and oxygen atoms in total. The Morgan fingerprint density at radius 1 is 1.29 bits per heavy atom. The van der Waals surface area contributed by atoms with Crippen LogP contribution in [0, 0.1) is 0 Å². The third-order valence-corrected chi connectivity index (χ3v) is 3.98. The molecular weight excluding hydrogens is 286 g/mol. The average molecular weight is 300 g/mol. The number of hydrogen-bond donors (Lipinski definition) is 0. The molecule has 0 spiro atoms. The number of nitrogens with zero attached hydrogens (tertiary/aromatic N) is 3. The lowest BCUT2D eigenvalue weighted by Gasteiger charge is -2.11. The maximum Gasteiger partial charge on any atom is 0.132 e. The van der Waals surface area contributed by atoms with E-state index in [1.807, 2.05) is 25.4 Å². The first kappa shape index (κ1) is 12.7. The van der Waals surface area contributed by atoms with E-state index in [4.69, 9.17) is 16.3 Å². The number of aryl methyl sites for hydroxylation is 1. The Labute approximate surface area is 127 Å². The first-order valence-electron chi connectivity index (χ1n) is 6.94. The van der Waals surface area contributed by atoms with Crippen LogP contribution in [-0.4, -0.2) is 20.6 Å². The van der Waals surface area contributed by atoms with E-state index < -0.39 is 0 Å². The second-order valence-electron chi connectivity index (χ2n) is 5.34. The van der Waals surface area contributed by atoms with Crippen molar-refractivity contribution in [3.63, 3.8) is 0 Å². The van der Waals surface area contributed by atoms with Crippen molar-refractivity contribution in [1.82, 2.24) is 14.5 Å². The first-order chi connectivity index (χ1) is 10.2. The van der Waals surface area contributed by atoms with E-state index in [1.54, 1.807) is 12.4 Å². The Bertz CT molecular complexity index is 824. The number of aromatic nitrogens is 3. The van der Waals surface area contributed by atoms with E-state index in [0.29, 0.717) is 11.3 Å². The van der Waals surface area contributed by atoms with Gasteiger partial charge in [-0.1, -0.05) is 11.6 Å². The van der Waals surface area contributed by atoms with Crippen LogP contribution in [-0.2, 0) is 7.05 Å². The predicted molar refractivity (Wildman–Crippen MR) is 82.6 cm³/mol. The van der Waals surface area contributed by atoms with Crippen LogP contribution in [0.2, 0.25) is 5.15 Å². The molecule has 106 valence electrons. The maximum atomic E-state index is 5.99. The molecule has 5 heteroatoms. The van der Waals surface area contributed by atoms with Gasteiger partial charge in [0.25, 0.3) is 0 Å². The van der Waals surface area contributed by atoms with Crippen LogP contribution in [0.1, 0.15) is 12.8 Å². The third-order valence-electron chi connectivity index (χ3n) is 3.77. The highest BCUT2D eigenvalue weighted by Crippen LogP contribution is 2.36.